The Balaban J connectivity index is 0.000000236. The molecule has 2 heterocycles. The van der Waals surface area contributed by atoms with E-state index in [0.717, 1.165) is 0 Å². The molecule has 9 aromatic rings. The van der Waals surface area contributed by atoms with E-state index >= 15 is 0 Å². The van der Waals surface area contributed by atoms with Crippen molar-refractivity contribution in [3.63, 3.8) is 0 Å². The van der Waals surface area contributed by atoms with Crippen LogP contribution in [0.4, 0.5) is 0 Å². The first-order chi connectivity index (χ1) is 22.9. The van der Waals surface area contributed by atoms with E-state index in [1.54, 1.807) is 24.8 Å². The molecular formula is C44H32N2. The maximum Gasteiger partial charge on any atom is 0.0267 e. The monoisotopic (exact) mass is 588 g/mol. The molecule has 0 unspecified atom stereocenters. The molecule has 218 valence electrons. The number of nitrogens with zero attached hydrogens (tertiary/aromatic N) is 2. The van der Waals surface area contributed by atoms with Gasteiger partial charge in [-0.25, -0.2) is 0 Å². The summed E-state index contributed by atoms with van der Waals surface area (Å²) in [4.78, 5) is 7.57. The average molecular weight is 589 g/mol. The summed E-state index contributed by atoms with van der Waals surface area (Å²) in [6.07, 6.45) is 7.00. The van der Waals surface area contributed by atoms with Crippen LogP contribution in [0.25, 0.3) is 65.3 Å². The first-order valence-electron chi connectivity index (χ1n) is 15.5. The number of fused-ring (bicyclic) bond motifs is 4. The highest BCUT2D eigenvalue weighted by atomic mass is 14.6. The zero-order valence-electron chi connectivity index (χ0n) is 25.4. The van der Waals surface area contributed by atoms with Gasteiger partial charge in [0.25, 0.3) is 0 Å². The maximum atomic E-state index is 3.78. The van der Waals surface area contributed by atoms with Gasteiger partial charge < -0.3 is 0 Å². The Morgan fingerprint density at radius 1 is 0.239 bits per heavy atom. The van der Waals surface area contributed by atoms with Crippen molar-refractivity contribution in [3.05, 3.63) is 195 Å². The van der Waals surface area contributed by atoms with Crippen molar-refractivity contribution < 1.29 is 0 Å². The molecule has 9 rings (SSSR count). The molecule has 0 saturated heterocycles. The minimum absolute atomic E-state index is 1.27. The molecule has 0 spiro atoms. The smallest absolute Gasteiger partial charge is 0.0267 e. The molecule has 2 aromatic heterocycles. The van der Waals surface area contributed by atoms with E-state index in [1.807, 2.05) is 36.4 Å². The number of hydrogen-bond donors (Lipinski definition) is 0. The Kier molecular flexibility index (Phi) is 8.51. The van der Waals surface area contributed by atoms with Gasteiger partial charge in [0.05, 0.1) is 0 Å². The number of pyridine rings is 2. The Morgan fingerprint density at radius 2 is 0.543 bits per heavy atom. The summed E-state index contributed by atoms with van der Waals surface area (Å²) in [5, 5.41) is 10.3. The lowest BCUT2D eigenvalue weighted by atomic mass is 9.84. The van der Waals surface area contributed by atoms with Gasteiger partial charge in [-0.3, -0.25) is 9.97 Å². The van der Waals surface area contributed by atoms with Crippen LogP contribution in [-0.2, 0) is 0 Å². The van der Waals surface area contributed by atoms with Crippen LogP contribution in [0.1, 0.15) is 0 Å². The molecule has 0 aliphatic heterocycles. The number of hydrogen-bond acceptors (Lipinski definition) is 2. The maximum absolute atomic E-state index is 3.78. The molecule has 0 amide bonds. The van der Waals surface area contributed by atoms with E-state index in [0.29, 0.717) is 0 Å². The van der Waals surface area contributed by atoms with Crippen LogP contribution in [0.3, 0.4) is 0 Å². The molecule has 0 radical (unpaired) electrons. The lowest BCUT2D eigenvalue weighted by molar-refractivity contribution is 1.33. The van der Waals surface area contributed by atoms with E-state index < -0.39 is 0 Å². The summed E-state index contributed by atoms with van der Waals surface area (Å²) in [6.45, 7) is 0. The molecule has 2 nitrogen and oxygen atoms in total. The highest BCUT2D eigenvalue weighted by molar-refractivity contribution is 6.25. The summed E-state index contributed by atoms with van der Waals surface area (Å²) in [5.41, 5.74) is 5.20. The number of benzene rings is 7. The highest BCUT2D eigenvalue weighted by Gasteiger charge is 2.18. The first kappa shape index (κ1) is 28.6. The molecule has 0 aliphatic rings. The van der Waals surface area contributed by atoms with Crippen molar-refractivity contribution in [1.29, 1.82) is 0 Å². The largest absolute Gasteiger partial charge is 0.265 e. The van der Waals surface area contributed by atoms with E-state index in [2.05, 4.69) is 143 Å². The SMILES string of the molecule is c1ccc2c(-c3c4ccccc4c(-c4cccc5ccccc45)c4ccccc34)cccc2c1.c1ccncc1.c1ccncc1. The van der Waals surface area contributed by atoms with Crippen molar-refractivity contribution in [3.8, 4) is 22.3 Å². The van der Waals surface area contributed by atoms with E-state index in [9.17, 15) is 0 Å². The van der Waals surface area contributed by atoms with Gasteiger partial charge in [-0.1, -0.05) is 146 Å². The quantitative estimate of drug-likeness (QED) is 0.188. The second-order valence-electron chi connectivity index (χ2n) is 10.9. The van der Waals surface area contributed by atoms with Crippen LogP contribution >= 0.6 is 0 Å². The molecule has 2 heteroatoms. The lowest BCUT2D eigenvalue weighted by Gasteiger charge is -2.19. The predicted molar refractivity (Wildman–Crippen MR) is 196 cm³/mol. The normalized spacial score (nSPS) is 10.6. The predicted octanol–water partition coefficient (Wildman–Crippen LogP) is 11.8. The highest BCUT2D eigenvalue weighted by Crippen LogP contribution is 2.46. The van der Waals surface area contributed by atoms with Crippen LogP contribution in [0.15, 0.2) is 195 Å². The third kappa shape index (κ3) is 5.85. The molecule has 0 fully saturated rings. The van der Waals surface area contributed by atoms with Crippen LogP contribution < -0.4 is 0 Å². The second kappa shape index (κ2) is 13.7. The van der Waals surface area contributed by atoms with Crippen molar-refractivity contribution in [2.75, 3.05) is 0 Å². The standard InChI is InChI=1S/C34H22.2C5H5N/c1-3-15-25-23(11-1)13-9-21-27(25)33-29-17-5-7-19-31(29)34(32-20-8-6-18-30(32)33)28-22-10-14-24-12-2-4-16-26(24)28;2*1-2-4-6-5-3-1/h1-22H;2*1-5H. The Hall–Kier alpha value is -6.12. The van der Waals surface area contributed by atoms with Gasteiger partial charge >= 0.3 is 0 Å². The third-order valence-corrected chi connectivity index (χ3v) is 8.18. The fourth-order valence-corrected chi connectivity index (χ4v) is 6.22. The third-order valence-electron chi connectivity index (χ3n) is 8.18. The fraction of sp³-hybridized carbons (Fsp3) is 0. The van der Waals surface area contributed by atoms with Crippen molar-refractivity contribution >= 4 is 43.1 Å². The molecule has 0 bridgehead atoms. The van der Waals surface area contributed by atoms with Crippen LogP contribution in [0.5, 0.6) is 0 Å². The van der Waals surface area contributed by atoms with Gasteiger partial charge in [0.15, 0.2) is 0 Å². The van der Waals surface area contributed by atoms with Crippen molar-refractivity contribution in [1.82, 2.24) is 9.97 Å². The number of rotatable bonds is 2. The molecule has 0 aliphatic carbocycles. The second-order valence-corrected chi connectivity index (χ2v) is 10.9. The van der Waals surface area contributed by atoms with Gasteiger partial charge in [0.2, 0.25) is 0 Å². The molecule has 0 saturated carbocycles. The van der Waals surface area contributed by atoms with Crippen molar-refractivity contribution in [2.24, 2.45) is 0 Å². The van der Waals surface area contributed by atoms with E-state index in [1.165, 1.54) is 65.3 Å². The van der Waals surface area contributed by atoms with E-state index in [-0.39, 0.29) is 0 Å². The van der Waals surface area contributed by atoms with Gasteiger partial charge in [-0.05, 0) is 89.6 Å². The Labute approximate surface area is 269 Å². The summed E-state index contributed by atoms with van der Waals surface area (Å²) < 4.78 is 0. The molecule has 46 heavy (non-hydrogen) atoms. The molecule has 0 atom stereocenters. The fourth-order valence-electron chi connectivity index (χ4n) is 6.22. The Morgan fingerprint density at radius 3 is 0.848 bits per heavy atom. The lowest BCUT2D eigenvalue weighted by Crippen LogP contribution is -1.92. The van der Waals surface area contributed by atoms with Gasteiger partial charge in [-0.2, -0.15) is 0 Å². The zero-order valence-corrected chi connectivity index (χ0v) is 25.4. The van der Waals surface area contributed by atoms with Crippen LogP contribution in [0, 0.1) is 0 Å². The van der Waals surface area contributed by atoms with Gasteiger partial charge in [0.1, 0.15) is 0 Å². The molecule has 0 N–H and O–H groups in total. The topological polar surface area (TPSA) is 25.8 Å². The minimum Gasteiger partial charge on any atom is -0.265 e. The van der Waals surface area contributed by atoms with Crippen molar-refractivity contribution in [2.45, 2.75) is 0 Å². The summed E-state index contributed by atoms with van der Waals surface area (Å²) in [7, 11) is 0. The molecule has 7 aromatic carbocycles. The van der Waals surface area contributed by atoms with E-state index in [4.69, 9.17) is 0 Å². The minimum atomic E-state index is 1.27. The summed E-state index contributed by atoms with van der Waals surface area (Å²) in [5.74, 6) is 0. The summed E-state index contributed by atoms with van der Waals surface area (Å²) in [6, 6.07) is 59.9. The average Bonchev–Trinajstić information content (AvgIpc) is 3.15. The van der Waals surface area contributed by atoms with Crippen LogP contribution in [0.2, 0.25) is 0 Å². The number of aromatic nitrogens is 2. The van der Waals surface area contributed by atoms with Crippen LogP contribution in [-0.4, -0.2) is 9.97 Å². The molecular weight excluding hydrogens is 556 g/mol. The zero-order chi connectivity index (χ0) is 31.0. The first-order valence-corrected chi connectivity index (χ1v) is 15.5. The Bertz CT molecular complexity index is 2070. The van der Waals surface area contributed by atoms with Gasteiger partial charge in [-0.15, -0.1) is 0 Å². The van der Waals surface area contributed by atoms with Gasteiger partial charge in [0, 0.05) is 24.8 Å². The summed E-state index contributed by atoms with van der Waals surface area (Å²) >= 11 is 0.